The van der Waals surface area contributed by atoms with E-state index >= 15 is 0 Å². The van der Waals surface area contributed by atoms with E-state index in [0.29, 0.717) is 0 Å². The number of nitrogens with two attached hydrogens (primary N) is 1. The van der Waals surface area contributed by atoms with Crippen molar-refractivity contribution in [2.45, 2.75) is 44.1 Å². The van der Waals surface area contributed by atoms with Gasteiger partial charge in [0.1, 0.15) is 0 Å². The average Bonchev–Trinajstić information content (AvgIpc) is 2.77. The summed E-state index contributed by atoms with van der Waals surface area (Å²) in [6.45, 7) is 0.993. The zero-order valence-electron chi connectivity index (χ0n) is 17.5. The summed E-state index contributed by atoms with van der Waals surface area (Å²) >= 11 is 0. The van der Waals surface area contributed by atoms with E-state index in [4.69, 9.17) is 5.73 Å². The molecule has 0 aliphatic heterocycles. The molecule has 0 radical (unpaired) electrons. The Kier molecular flexibility index (Phi) is 6.13. The predicted octanol–water partition coefficient (Wildman–Crippen LogP) is 4.93. The van der Waals surface area contributed by atoms with Gasteiger partial charge >= 0.3 is 0 Å². The summed E-state index contributed by atoms with van der Waals surface area (Å²) in [4.78, 5) is 0. The van der Waals surface area contributed by atoms with E-state index in [2.05, 4.69) is 78.1 Å². The van der Waals surface area contributed by atoms with Crippen LogP contribution in [0.15, 0.2) is 72.8 Å². The molecular formula is C27H32N2. The molecule has 1 aliphatic rings. The molecule has 2 heteroatoms. The van der Waals surface area contributed by atoms with Crippen molar-refractivity contribution in [2.24, 2.45) is 5.73 Å². The molecule has 4 rings (SSSR count). The maximum Gasteiger partial charge on any atom is 0.0210 e. The summed E-state index contributed by atoms with van der Waals surface area (Å²) in [5, 5.41) is 3.24. The number of fused-ring (bicyclic) bond motifs is 1. The van der Waals surface area contributed by atoms with Crippen molar-refractivity contribution < 1.29 is 0 Å². The highest BCUT2D eigenvalue weighted by molar-refractivity contribution is 5.63. The lowest BCUT2D eigenvalue weighted by molar-refractivity contribution is 0.343. The van der Waals surface area contributed by atoms with E-state index in [9.17, 15) is 0 Å². The fourth-order valence-electron chi connectivity index (χ4n) is 4.46. The molecule has 0 bridgehead atoms. The number of hydrogen-bond acceptors (Lipinski definition) is 2. The highest BCUT2D eigenvalue weighted by Gasteiger charge is 2.29. The summed E-state index contributed by atoms with van der Waals surface area (Å²) in [5.41, 5.74) is 15.0. The van der Waals surface area contributed by atoms with Crippen LogP contribution in [0.25, 0.3) is 11.1 Å². The molecular weight excluding hydrogens is 352 g/mol. The summed E-state index contributed by atoms with van der Waals surface area (Å²) in [7, 11) is 2.00. The first-order chi connectivity index (χ1) is 14.1. The minimum absolute atomic E-state index is 0.0436. The van der Waals surface area contributed by atoms with Crippen LogP contribution in [0, 0.1) is 0 Å². The maximum atomic E-state index is 6.65. The van der Waals surface area contributed by atoms with Crippen LogP contribution in [0.1, 0.15) is 35.1 Å². The Hall–Kier alpha value is -2.42. The zero-order chi connectivity index (χ0) is 20.1. The maximum absolute atomic E-state index is 6.65. The Morgan fingerprint density at radius 2 is 1.52 bits per heavy atom. The average molecular weight is 385 g/mol. The first-order valence-corrected chi connectivity index (χ1v) is 10.8. The molecule has 0 saturated heterocycles. The van der Waals surface area contributed by atoms with Gasteiger partial charge in [0.05, 0.1) is 0 Å². The lowest BCUT2D eigenvalue weighted by atomic mass is 9.76. The second-order valence-electron chi connectivity index (χ2n) is 8.56. The van der Waals surface area contributed by atoms with Crippen molar-refractivity contribution >= 4 is 0 Å². The Bertz CT molecular complexity index is 931. The van der Waals surface area contributed by atoms with Gasteiger partial charge in [-0.05, 0) is 85.5 Å². The molecule has 3 N–H and O–H groups in total. The number of nitrogens with one attached hydrogen (secondary N) is 1. The predicted molar refractivity (Wildman–Crippen MR) is 123 cm³/mol. The van der Waals surface area contributed by atoms with Crippen LogP contribution < -0.4 is 11.1 Å². The molecule has 0 spiro atoms. The molecule has 2 nitrogen and oxygen atoms in total. The number of aryl methyl sites for hydroxylation is 3. The second kappa shape index (κ2) is 8.94. The quantitative estimate of drug-likeness (QED) is 0.606. The van der Waals surface area contributed by atoms with Crippen molar-refractivity contribution in [3.05, 3.63) is 95.1 Å². The standard InChI is InChI=1S/C27H32N2/c1-29-18-17-27(28)16-15-25-19-22(11-14-26(25)20-27)8-7-21-9-12-24(13-10-21)23-5-3-2-4-6-23/h2-6,9-14,19,29H,7-8,15-18,20,28H2,1H3/t27-/m1/s1. The fourth-order valence-corrected chi connectivity index (χ4v) is 4.46. The second-order valence-corrected chi connectivity index (χ2v) is 8.56. The van der Waals surface area contributed by atoms with Gasteiger partial charge in [0.2, 0.25) is 0 Å². The van der Waals surface area contributed by atoms with Gasteiger partial charge in [-0.1, -0.05) is 72.8 Å². The van der Waals surface area contributed by atoms with E-state index in [1.54, 1.807) is 0 Å². The van der Waals surface area contributed by atoms with E-state index in [0.717, 1.165) is 45.1 Å². The SMILES string of the molecule is CNCC[C@]1(N)CCc2cc(CCc3ccc(-c4ccccc4)cc3)ccc2C1. The number of hydrogen-bond donors (Lipinski definition) is 2. The van der Waals surface area contributed by atoms with E-state index in [1.807, 2.05) is 7.05 Å². The minimum Gasteiger partial charge on any atom is -0.325 e. The summed E-state index contributed by atoms with van der Waals surface area (Å²) in [6, 6.07) is 26.6. The molecule has 0 amide bonds. The van der Waals surface area contributed by atoms with Crippen LogP contribution in [0.2, 0.25) is 0 Å². The molecule has 0 unspecified atom stereocenters. The molecule has 0 heterocycles. The minimum atomic E-state index is -0.0436. The molecule has 1 aliphatic carbocycles. The van der Waals surface area contributed by atoms with Crippen molar-refractivity contribution in [1.82, 2.24) is 5.32 Å². The molecule has 29 heavy (non-hydrogen) atoms. The largest absolute Gasteiger partial charge is 0.325 e. The van der Waals surface area contributed by atoms with Crippen LogP contribution in [-0.2, 0) is 25.7 Å². The third-order valence-corrected chi connectivity index (χ3v) is 6.34. The molecule has 0 fully saturated rings. The molecule has 3 aromatic carbocycles. The Morgan fingerprint density at radius 1 is 0.828 bits per heavy atom. The van der Waals surface area contributed by atoms with Crippen LogP contribution in [-0.4, -0.2) is 19.1 Å². The molecule has 1 atom stereocenters. The van der Waals surface area contributed by atoms with E-state index in [-0.39, 0.29) is 5.54 Å². The van der Waals surface area contributed by atoms with Crippen molar-refractivity contribution in [2.75, 3.05) is 13.6 Å². The van der Waals surface area contributed by atoms with E-state index < -0.39 is 0 Å². The van der Waals surface area contributed by atoms with Crippen LogP contribution in [0.3, 0.4) is 0 Å². The third kappa shape index (κ3) is 4.95. The first-order valence-electron chi connectivity index (χ1n) is 10.8. The van der Waals surface area contributed by atoms with Gasteiger partial charge in [-0.15, -0.1) is 0 Å². The van der Waals surface area contributed by atoms with Gasteiger partial charge in [-0.2, -0.15) is 0 Å². The third-order valence-electron chi connectivity index (χ3n) is 6.34. The van der Waals surface area contributed by atoms with Crippen molar-refractivity contribution in [3.8, 4) is 11.1 Å². The Morgan fingerprint density at radius 3 is 2.28 bits per heavy atom. The fraction of sp³-hybridized carbons (Fsp3) is 0.333. The summed E-state index contributed by atoms with van der Waals surface area (Å²) in [6.07, 6.45) is 6.42. The normalized spacial score (nSPS) is 18.4. The van der Waals surface area contributed by atoms with E-state index in [1.165, 1.54) is 33.4 Å². The smallest absolute Gasteiger partial charge is 0.0210 e. The van der Waals surface area contributed by atoms with Crippen molar-refractivity contribution in [3.63, 3.8) is 0 Å². The Labute approximate surface area is 175 Å². The number of benzene rings is 3. The first kappa shape index (κ1) is 19.9. The monoisotopic (exact) mass is 384 g/mol. The lowest BCUT2D eigenvalue weighted by Gasteiger charge is -2.35. The molecule has 3 aromatic rings. The van der Waals surface area contributed by atoms with Gasteiger partial charge in [0, 0.05) is 5.54 Å². The van der Waals surface area contributed by atoms with Gasteiger partial charge in [-0.25, -0.2) is 0 Å². The Balaban J connectivity index is 1.37. The van der Waals surface area contributed by atoms with Crippen LogP contribution in [0.4, 0.5) is 0 Å². The summed E-state index contributed by atoms with van der Waals surface area (Å²) < 4.78 is 0. The number of rotatable bonds is 7. The lowest BCUT2D eigenvalue weighted by Crippen LogP contribution is -2.46. The van der Waals surface area contributed by atoms with Gasteiger partial charge in [0.25, 0.3) is 0 Å². The highest BCUT2D eigenvalue weighted by Crippen LogP contribution is 2.30. The van der Waals surface area contributed by atoms with Gasteiger partial charge in [-0.3, -0.25) is 0 Å². The van der Waals surface area contributed by atoms with Crippen molar-refractivity contribution in [1.29, 1.82) is 0 Å². The topological polar surface area (TPSA) is 38.0 Å². The molecule has 0 aromatic heterocycles. The van der Waals surface area contributed by atoms with Crippen LogP contribution >= 0.6 is 0 Å². The van der Waals surface area contributed by atoms with Gasteiger partial charge in [0.15, 0.2) is 0 Å². The zero-order valence-corrected chi connectivity index (χ0v) is 17.5. The van der Waals surface area contributed by atoms with Gasteiger partial charge < -0.3 is 11.1 Å². The van der Waals surface area contributed by atoms with Crippen LogP contribution in [0.5, 0.6) is 0 Å². The highest BCUT2D eigenvalue weighted by atomic mass is 14.8. The molecule has 0 saturated carbocycles. The molecule has 150 valence electrons. The summed E-state index contributed by atoms with van der Waals surface area (Å²) in [5.74, 6) is 0.